The number of rotatable bonds is 2. The van der Waals surface area contributed by atoms with Gasteiger partial charge in [-0.05, 0) is 13.1 Å². The van der Waals surface area contributed by atoms with Gasteiger partial charge in [0.05, 0.1) is 6.20 Å². The third-order valence-corrected chi connectivity index (χ3v) is 1.77. The van der Waals surface area contributed by atoms with E-state index in [0.29, 0.717) is 0 Å². The Morgan fingerprint density at radius 2 is 2.25 bits per heavy atom. The lowest BCUT2D eigenvalue weighted by molar-refractivity contribution is 0.517. The molecule has 0 spiro atoms. The van der Waals surface area contributed by atoms with Gasteiger partial charge < -0.3 is 10.2 Å². The number of nitrogens with two attached hydrogens (primary N) is 1. The van der Waals surface area contributed by atoms with E-state index in [2.05, 4.69) is 9.97 Å². The van der Waals surface area contributed by atoms with E-state index in [1.165, 1.54) is 0 Å². The summed E-state index contributed by atoms with van der Waals surface area (Å²) in [6.45, 7) is 3.92. The van der Waals surface area contributed by atoms with Gasteiger partial charge in [-0.3, -0.25) is 0 Å². The van der Waals surface area contributed by atoms with Gasteiger partial charge in [-0.15, -0.1) is 0 Å². The number of hydrogen-bond acceptors (Lipinski definition) is 4. The molecule has 0 saturated carbocycles. The van der Waals surface area contributed by atoms with Gasteiger partial charge in [-0.1, -0.05) is 0 Å². The minimum Gasteiger partial charge on any atom is -0.520 e. The van der Waals surface area contributed by atoms with Crippen LogP contribution in [0.5, 0.6) is 6.01 Å². The van der Waals surface area contributed by atoms with Crippen molar-refractivity contribution in [2.24, 2.45) is 0 Å². The van der Waals surface area contributed by atoms with E-state index in [1.807, 2.05) is 13.1 Å². The third kappa shape index (κ3) is 2.16. The fraction of sp³-hybridized carbons (Fsp3) is 0.333. The molecule has 0 radical (unpaired) electrons. The van der Waals surface area contributed by atoms with Crippen molar-refractivity contribution >= 4 is 14.9 Å². The fourth-order valence-electron chi connectivity index (χ4n) is 0.631. The van der Waals surface area contributed by atoms with Crippen LogP contribution in [0.15, 0.2) is 6.20 Å². The molecule has 12 heavy (non-hydrogen) atoms. The normalized spacial score (nSPS) is 10.3. The molecule has 0 fully saturated rings. The van der Waals surface area contributed by atoms with Crippen LogP contribution in [0.1, 0.15) is 0 Å². The van der Waals surface area contributed by atoms with Crippen LogP contribution in [-0.2, 0) is 0 Å². The van der Waals surface area contributed by atoms with Crippen LogP contribution in [0.2, 0.25) is 13.1 Å². The van der Waals surface area contributed by atoms with Gasteiger partial charge in [-0.2, -0.15) is 4.98 Å². The molecular formula is C6H10FN3OSi. The van der Waals surface area contributed by atoms with E-state index in [1.54, 1.807) is 0 Å². The van der Waals surface area contributed by atoms with Crippen molar-refractivity contribution in [2.75, 3.05) is 5.73 Å². The number of nitrogens with zero attached hydrogens (tertiary/aromatic N) is 2. The number of aromatic nitrogens is 2. The molecule has 0 atom stereocenters. The van der Waals surface area contributed by atoms with Gasteiger partial charge in [0, 0.05) is 0 Å². The maximum absolute atomic E-state index is 12.5. The van der Waals surface area contributed by atoms with E-state index in [4.69, 9.17) is 10.2 Å². The van der Waals surface area contributed by atoms with Crippen molar-refractivity contribution in [3.8, 4) is 6.01 Å². The fourth-order valence-corrected chi connectivity index (χ4v) is 1.17. The average Bonchev–Trinajstić information content (AvgIpc) is 1.96. The Hall–Kier alpha value is -1.17. The van der Waals surface area contributed by atoms with Crippen LogP contribution < -0.4 is 10.2 Å². The standard InChI is InChI=1S/C6H10FN3OSi/c1-12(2)11-6-9-3-4(7)5(8)10-6/h3,12H,1-2H3,(H2,8,9,10). The quantitative estimate of drug-likeness (QED) is 0.687. The topological polar surface area (TPSA) is 61.0 Å². The Balaban J connectivity index is 2.82. The van der Waals surface area contributed by atoms with Gasteiger partial charge >= 0.3 is 6.01 Å². The van der Waals surface area contributed by atoms with E-state index in [0.717, 1.165) is 6.20 Å². The summed E-state index contributed by atoms with van der Waals surface area (Å²) in [4.78, 5) is 7.24. The molecule has 0 aliphatic rings. The largest absolute Gasteiger partial charge is 0.520 e. The molecule has 6 heteroatoms. The molecule has 66 valence electrons. The first-order chi connectivity index (χ1) is 5.59. The van der Waals surface area contributed by atoms with Crippen LogP contribution >= 0.6 is 0 Å². The van der Waals surface area contributed by atoms with Crippen LogP contribution in [0, 0.1) is 5.82 Å². The highest BCUT2D eigenvalue weighted by atomic mass is 28.3. The summed E-state index contributed by atoms with van der Waals surface area (Å²) >= 11 is 0. The summed E-state index contributed by atoms with van der Waals surface area (Å²) in [5.74, 6) is -0.789. The molecule has 0 amide bonds. The van der Waals surface area contributed by atoms with Crippen molar-refractivity contribution < 1.29 is 8.82 Å². The molecule has 4 nitrogen and oxygen atoms in total. The first kappa shape index (κ1) is 8.92. The summed E-state index contributed by atoms with van der Waals surface area (Å²) in [7, 11) is -1.24. The lowest BCUT2D eigenvalue weighted by atomic mass is 10.6. The summed E-state index contributed by atoms with van der Waals surface area (Å²) in [5.41, 5.74) is 5.21. The summed E-state index contributed by atoms with van der Waals surface area (Å²) in [6, 6.07) is 0.163. The van der Waals surface area contributed by atoms with Crippen molar-refractivity contribution in [3.63, 3.8) is 0 Å². The van der Waals surface area contributed by atoms with E-state index in [-0.39, 0.29) is 11.8 Å². The van der Waals surface area contributed by atoms with E-state index in [9.17, 15) is 4.39 Å². The minimum absolute atomic E-state index is 0.163. The second kappa shape index (κ2) is 3.48. The Kier molecular flexibility index (Phi) is 2.59. The van der Waals surface area contributed by atoms with Crippen molar-refractivity contribution in [2.45, 2.75) is 13.1 Å². The van der Waals surface area contributed by atoms with Crippen LogP contribution in [-0.4, -0.2) is 19.0 Å². The van der Waals surface area contributed by atoms with E-state index < -0.39 is 14.9 Å². The predicted octanol–water partition coefficient (Wildman–Crippen LogP) is 0.560. The zero-order chi connectivity index (χ0) is 9.14. The maximum Gasteiger partial charge on any atom is 0.304 e. The zero-order valence-electron chi connectivity index (χ0n) is 6.91. The van der Waals surface area contributed by atoms with Gasteiger partial charge in [-0.25, -0.2) is 9.37 Å². The highest BCUT2D eigenvalue weighted by Crippen LogP contribution is 2.09. The van der Waals surface area contributed by atoms with Gasteiger partial charge in [0.15, 0.2) is 11.6 Å². The summed E-state index contributed by atoms with van der Waals surface area (Å²) < 4.78 is 17.8. The second-order valence-electron chi connectivity index (χ2n) is 2.55. The molecule has 0 aromatic carbocycles. The zero-order valence-corrected chi connectivity index (χ0v) is 8.07. The van der Waals surface area contributed by atoms with Gasteiger partial charge in [0.1, 0.15) is 0 Å². The number of nitrogen functional groups attached to an aromatic ring is 1. The molecule has 0 bridgehead atoms. The molecule has 0 aliphatic heterocycles. The second-order valence-corrected chi connectivity index (χ2v) is 4.89. The van der Waals surface area contributed by atoms with Crippen LogP contribution in [0.3, 0.4) is 0 Å². The lowest BCUT2D eigenvalue weighted by Gasteiger charge is -2.06. The molecule has 2 N–H and O–H groups in total. The minimum atomic E-state index is -1.24. The molecule has 0 unspecified atom stereocenters. The van der Waals surface area contributed by atoms with Crippen LogP contribution in [0.25, 0.3) is 0 Å². The monoisotopic (exact) mass is 187 g/mol. The van der Waals surface area contributed by atoms with Crippen molar-refractivity contribution in [1.82, 2.24) is 9.97 Å². The lowest BCUT2D eigenvalue weighted by Crippen LogP contribution is -2.14. The highest BCUT2D eigenvalue weighted by Gasteiger charge is 2.05. The van der Waals surface area contributed by atoms with Gasteiger partial charge in [0.25, 0.3) is 0 Å². The average molecular weight is 187 g/mol. The maximum atomic E-state index is 12.5. The number of hydrogen-bond donors (Lipinski definition) is 1. The summed E-state index contributed by atoms with van der Waals surface area (Å²) in [6.07, 6.45) is 1.01. The molecule has 1 aromatic heterocycles. The smallest absolute Gasteiger partial charge is 0.304 e. The molecule has 1 aromatic rings. The van der Waals surface area contributed by atoms with Crippen LogP contribution in [0.4, 0.5) is 10.2 Å². The number of halogens is 1. The Labute approximate surface area is 71.3 Å². The molecule has 0 saturated heterocycles. The predicted molar refractivity (Wildman–Crippen MR) is 45.9 cm³/mol. The van der Waals surface area contributed by atoms with Crippen molar-refractivity contribution in [1.29, 1.82) is 0 Å². The molecular weight excluding hydrogens is 177 g/mol. The highest BCUT2D eigenvalue weighted by molar-refractivity contribution is 6.49. The first-order valence-electron chi connectivity index (χ1n) is 3.54. The van der Waals surface area contributed by atoms with E-state index >= 15 is 0 Å². The Morgan fingerprint density at radius 3 is 2.75 bits per heavy atom. The molecule has 1 rings (SSSR count). The first-order valence-corrected chi connectivity index (χ1v) is 6.32. The molecule has 0 aliphatic carbocycles. The van der Waals surface area contributed by atoms with Crippen molar-refractivity contribution in [3.05, 3.63) is 12.0 Å². The van der Waals surface area contributed by atoms with Gasteiger partial charge in [0.2, 0.25) is 9.04 Å². The Morgan fingerprint density at radius 1 is 1.58 bits per heavy atom. The Bertz CT molecular complexity index is 281. The SMILES string of the molecule is C[SiH](C)Oc1ncc(F)c(N)n1. The number of anilines is 1. The summed E-state index contributed by atoms with van der Waals surface area (Å²) in [5, 5.41) is 0. The third-order valence-electron chi connectivity index (χ3n) is 1.09. The molecule has 1 heterocycles.